The molecule has 3 rings (SSSR count). The zero-order chi connectivity index (χ0) is 19.1. The number of nitrogens with zero attached hydrogens (tertiary/aromatic N) is 2. The number of hydrogen-bond donors (Lipinski definition) is 1. The Morgan fingerprint density at radius 3 is 2.56 bits per heavy atom. The number of ether oxygens (including phenoxy) is 1. The lowest BCUT2D eigenvalue weighted by Gasteiger charge is -2.29. The molecule has 2 aromatic carbocycles. The highest BCUT2D eigenvalue weighted by atomic mass is 16.5. The smallest absolute Gasteiger partial charge is 0.254 e. The van der Waals surface area contributed by atoms with Crippen LogP contribution in [-0.2, 0) is 11.4 Å². The van der Waals surface area contributed by atoms with E-state index in [9.17, 15) is 9.59 Å². The molecule has 6 heteroatoms. The molecule has 0 spiro atoms. The molecular weight excluding hydrogens is 342 g/mol. The van der Waals surface area contributed by atoms with Crippen molar-refractivity contribution in [1.82, 2.24) is 15.1 Å². The topological polar surface area (TPSA) is 61.9 Å². The first kappa shape index (κ1) is 18.9. The van der Waals surface area contributed by atoms with Crippen molar-refractivity contribution in [1.29, 1.82) is 0 Å². The molecule has 1 N–H and O–H groups in total. The zero-order valence-electron chi connectivity index (χ0n) is 15.6. The average Bonchev–Trinajstić information content (AvgIpc) is 2.73. The molecule has 0 unspecified atom stereocenters. The maximum absolute atomic E-state index is 12.7. The van der Waals surface area contributed by atoms with Crippen LogP contribution in [0, 0.1) is 0 Å². The second-order valence-corrected chi connectivity index (χ2v) is 6.59. The first-order valence-electron chi connectivity index (χ1n) is 9.14. The van der Waals surface area contributed by atoms with E-state index in [0.29, 0.717) is 31.0 Å². The van der Waals surface area contributed by atoms with E-state index in [0.717, 1.165) is 18.7 Å². The van der Waals surface area contributed by atoms with Gasteiger partial charge >= 0.3 is 0 Å². The van der Waals surface area contributed by atoms with Crippen molar-refractivity contribution < 1.29 is 14.3 Å². The molecular formula is C21H25N3O3. The number of likely N-dealkylation sites (N-methyl/N-ethyl adjacent to an activating group) is 1. The van der Waals surface area contributed by atoms with Crippen LogP contribution < -0.4 is 10.1 Å². The third-order valence-corrected chi connectivity index (χ3v) is 4.52. The first-order valence-corrected chi connectivity index (χ1v) is 9.14. The third kappa shape index (κ3) is 5.31. The van der Waals surface area contributed by atoms with Crippen LogP contribution in [0.4, 0.5) is 0 Å². The molecule has 0 bridgehead atoms. The van der Waals surface area contributed by atoms with E-state index in [-0.39, 0.29) is 18.4 Å². The van der Waals surface area contributed by atoms with Crippen molar-refractivity contribution in [2.24, 2.45) is 0 Å². The summed E-state index contributed by atoms with van der Waals surface area (Å²) in [6.07, 6.45) is 0. The lowest BCUT2D eigenvalue weighted by molar-refractivity contribution is -0.132. The van der Waals surface area contributed by atoms with Crippen molar-refractivity contribution in [2.75, 3.05) is 39.8 Å². The van der Waals surface area contributed by atoms with E-state index in [1.54, 1.807) is 30.1 Å². The Hall–Kier alpha value is -2.86. The van der Waals surface area contributed by atoms with Crippen LogP contribution in [0.1, 0.15) is 15.9 Å². The Bertz CT molecular complexity index is 773. The van der Waals surface area contributed by atoms with Gasteiger partial charge in [-0.15, -0.1) is 0 Å². The van der Waals surface area contributed by atoms with E-state index in [1.807, 2.05) is 36.4 Å². The maximum Gasteiger partial charge on any atom is 0.254 e. The molecule has 6 nitrogen and oxygen atoms in total. The average molecular weight is 367 g/mol. The van der Waals surface area contributed by atoms with Crippen LogP contribution in [0.3, 0.4) is 0 Å². The molecule has 1 heterocycles. The number of carbonyl (C=O) groups excluding carboxylic acids is 2. The minimum Gasteiger partial charge on any atom is -0.489 e. The van der Waals surface area contributed by atoms with Crippen LogP contribution in [0.15, 0.2) is 54.6 Å². The van der Waals surface area contributed by atoms with Gasteiger partial charge < -0.3 is 19.9 Å². The lowest BCUT2D eigenvalue weighted by Crippen LogP contribution is -2.49. The van der Waals surface area contributed by atoms with Gasteiger partial charge in [-0.25, -0.2) is 0 Å². The van der Waals surface area contributed by atoms with Gasteiger partial charge in [-0.05, 0) is 23.8 Å². The van der Waals surface area contributed by atoms with Crippen LogP contribution in [0.2, 0.25) is 0 Å². The van der Waals surface area contributed by atoms with Crippen LogP contribution in [0.5, 0.6) is 5.75 Å². The predicted molar refractivity (Wildman–Crippen MR) is 104 cm³/mol. The Labute approximate surface area is 159 Å². The number of amides is 2. The normalized spacial score (nSPS) is 13.9. The van der Waals surface area contributed by atoms with Crippen molar-refractivity contribution >= 4 is 11.8 Å². The van der Waals surface area contributed by atoms with Crippen LogP contribution in [0.25, 0.3) is 0 Å². The van der Waals surface area contributed by atoms with Crippen LogP contribution in [-0.4, -0.2) is 61.4 Å². The molecule has 1 aliphatic heterocycles. The maximum atomic E-state index is 12.7. The second-order valence-electron chi connectivity index (χ2n) is 6.59. The number of hydrogen-bond acceptors (Lipinski definition) is 4. The fourth-order valence-corrected chi connectivity index (χ4v) is 2.97. The fourth-order valence-electron chi connectivity index (χ4n) is 2.97. The highest BCUT2D eigenvalue weighted by Gasteiger charge is 2.21. The fraction of sp³-hybridized carbons (Fsp3) is 0.333. The molecule has 0 atom stereocenters. The van der Waals surface area contributed by atoms with Crippen molar-refractivity contribution in [3.8, 4) is 5.75 Å². The van der Waals surface area contributed by atoms with Gasteiger partial charge in [0.15, 0.2) is 0 Å². The number of nitrogens with one attached hydrogen (secondary N) is 1. The zero-order valence-corrected chi connectivity index (χ0v) is 15.6. The number of piperazine rings is 1. The van der Waals surface area contributed by atoms with E-state index in [1.165, 1.54) is 4.90 Å². The monoisotopic (exact) mass is 367 g/mol. The summed E-state index contributed by atoms with van der Waals surface area (Å²) in [5, 5.41) is 3.21. The van der Waals surface area contributed by atoms with Gasteiger partial charge in [0.05, 0.1) is 6.54 Å². The number of rotatable bonds is 6. The van der Waals surface area contributed by atoms with Gasteiger partial charge in [-0.2, -0.15) is 0 Å². The molecule has 1 saturated heterocycles. The van der Waals surface area contributed by atoms with Gasteiger partial charge in [0.2, 0.25) is 5.91 Å². The quantitative estimate of drug-likeness (QED) is 0.845. The van der Waals surface area contributed by atoms with Gasteiger partial charge in [-0.1, -0.05) is 36.4 Å². The number of carbonyl (C=O) groups is 2. The van der Waals surface area contributed by atoms with Crippen LogP contribution >= 0.6 is 0 Å². The van der Waals surface area contributed by atoms with Gasteiger partial charge in [0.1, 0.15) is 12.4 Å². The lowest BCUT2D eigenvalue weighted by atomic mass is 10.2. The Morgan fingerprint density at radius 2 is 1.81 bits per heavy atom. The molecule has 1 fully saturated rings. The molecule has 142 valence electrons. The van der Waals surface area contributed by atoms with Crippen molar-refractivity contribution in [2.45, 2.75) is 6.61 Å². The molecule has 27 heavy (non-hydrogen) atoms. The highest BCUT2D eigenvalue weighted by Crippen LogP contribution is 2.16. The standard InChI is InChI=1S/C21H25N3O3/c1-23(15-20(25)24-12-10-22-11-13-24)21(26)18-8-5-9-19(14-18)27-16-17-6-3-2-4-7-17/h2-9,14,22H,10-13,15-16H2,1H3. The summed E-state index contributed by atoms with van der Waals surface area (Å²) >= 11 is 0. The van der Waals surface area contributed by atoms with E-state index in [2.05, 4.69) is 5.32 Å². The molecule has 0 aliphatic carbocycles. The van der Waals surface area contributed by atoms with E-state index < -0.39 is 0 Å². The SMILES string of the molecule is CN(CC(=O)N1CCNCC1)C(=O)c1cccc(OCc2ccccc2)c1. The summed E-state index contributed by atoms with van der Waals surface area (Å²) in [4.78, 5) is 28.3. The molecule has 2 amide bonds. The van der Waals surface area contributed by atoms with Gasteiger partial charge in [0, 0.05) is 38.8 Å². The summed E-state index contributed by atoms with van der Waals surface area (Å²) in [7, 11) is 1.65. The Balaban J connectivity index is 1.58. The summed E-state index contributed by atoms with van der Waals surface area (Å²) < 4.78 is 5.79. The molecule has 0 aromatic heterocycles. The van der Waals surface area contributed by atoms with E-state index >= 15 is 0 Å². The summed E-state index contributed by atoms with van der Waals surface area (Å²) in [5.74, 6) is 0.416. The molecule has 2 aromatic rings. The minimum atomic E-state index is -0.191. The van der Waals surface area contributed by atoms with E-state index in [4.69, 9.17) is 4.74 Å². The summed E-state index contributed by atoms with van der Waals surface area (Å²) in [6, 6.07) is 16.9. The van der Waals surface area contributed by atoms with Gasteiger partial charge in [-0.3, -0.25) is 9.59 Å². The molecule has 0 radical (unpaired) electrons. The highest BCUT2D eigenvalue weighted by molar-refractivity contribution is 5.96. The van der Waals surface area contributed by atoms with Crippen molar-refractivity contribution in [3.63, 3.8) is 0 Å². The second kappa shape index (κ2) is 9.19. The minimum absolute atomic E-state index is 0.0242. The third-order valence-electron chi connectivity index (χ3n) is 4.52. The largest absolute Gasteiger partial charge is 0.489 e. The number of benzene rings is 2. The Kier molecular flexibility index (Phi) is 6.44. The predicted octanol–water partition coefficient (Wildman–Crippen LogP) is 1.77. The van der Waals surface area contributed by atoms with Gasteiger partial charge in [0.25, 0.3) is 5.91 Å². The first-order chi connectivity index (χ1) is 13.1. The Morgan fingerprint density at radius 1 is 1.07 bits per heavy atom. The van der Waals surface area contributed by atoms with Crippen molar-refractivity contribution in [3.05, 3.63) is 65.7 Å². The molecule has 0 saturated carbocycles. The summed E-state index contributed by atoms with van der Waals surface area (Å²) in [5.41, 5.74) is 1.57. The molecule has 1 aliphatic rings. The summed E-state index contributed by atoms with van der Waals surface area (Å²) in [6.45, 7) is 3.48.